The molecule has 0 aromatic carbocycles. The largest absolute Gasteiger partial charge is 0.481 e. The Morgan fingerprint density at radius 2 is 1.73 bits per heavy atom. The van der Waals surface area contributed by atoms with Crippen molar-refractivity contribution in [3.05, 3.63) is 0 Å². The molecule has 0 aromatic heterocycles. The molecule has 0 heterocycles. The van der Waals surface area contributed by atoms with Gasteiger partial charge < -0.3 is 15.3 Å². The number of aliphatic hydroxyl groups excluding tert-OH is 1. The molecule has 0 rings (SSSR count). The molecule has 0 saturated heterocycles. The number of rotatable bonds is 4. The van der Waals surface area contributed by atoms with Gasteiger partial charge in [-0.3, -0.25) is 4.79 Å². The summed E-state index contributed by atoms with van der Waals surface area (Å²) in [5.74, 6) is -4.01. The maximum Gasteiger partial charge on any atom is 0.333 e. The Bertz CT molecular complexity index is 164. The van der Waals surface area contributed by atoms with E-state index in [-0.39, 0.29) is 6.42 Å². The van der Waals surface area contributed by atoms with Gasteiger partial charge in [-0.1, -0.05) is 6.92 Å². The molecule has 2 atom stereocenters. The van der Waals surface area contributed by atoms with Crippen LogP contribution in [0.1, 0.15) is 13.3 Å². The highest BCUT2D eigenvalue weighted by molar-refractivity contribution is 5.81. The van der Waals surface area contributed by atoms with Gasteiger partial charge in [0.15, 0.2) is 6.10 Å². The molecule has 0 aromatic rings. The van der Waals surface area contributed by atoms with E-state index in [0.29, 0.717) is 0 Å². The molecule has 64 valence electrons. The molecular formula is C6H10O5. The number of aliphatic carboxylic acids is 2. The molecule has 3 N–H and O–H groups in total. The Labute approximate surface area is 63.3 Å². The molecule has 0 aliphatic rings. The smallest absolute Gasteiger partial charge is 0.333 e. The monoisotopic (exact) mass is 162 g/mol. The number of carbonyl (C=O) groups is 2. The van der Waals surface area contributed by atoms with E-state index in [1.807, 2.05) is 0 Å². The van der Waals surface area contributed by atoms with Crippen LogP contribution in [0.15, 0.2) is 0 Å². The van der Waals surface area contributed by atoms with Crippen molar-refractivity contribution in [2.24, 2.45) is 5.92 Å². The van der Waals surface area contributed by atoms with Crippen molar-refractivity contribution in [1.29, 1.82) is 0 Å². The third-order valence-corrected chi connectivity index (χ3v) is 1.39. The molecule has 0 bridgehead atoms. The maximum atomic E-state index is 10.3. The standard InChI is InChI=1S/C6H10O5/c1-2-3(5(8)9)4(7)6(10)11/h3-4,7H,2H2,1H3,(H,8,9)(H,10,11)/t3-,4+/m1/s1. The van der Waals surface area contributed by atoms with Gasteiger partial charge in [0.05, 0.1) is 5.92 Å². The Hall–Kier alpha value is -1.10. The Kier molecular flexibility index (Phi) is 3.53. The zero-order valence-corrected chi connectivity index (χ0v) is 6.02. The zero-order chi connectivity index (χ0) is 9.02. The van der Waals surface area contributed by atoms with E-state index in [2.05, 4.69) is 0 Å². The first-order chi connectivity index (χ1) is 5.00. The van der Waals surface area contributed by atoms with Gasteiger partial charge in [0, 0.05) is 0 Å². The lowest BCUT2D eigenvalue weighted by atomic mass is 10.0. The Morgan fingerprint density at radius 1 is 1.27 bits per heavy atom. The van der Waals surface area contributed by atoms with E-state index >= 15 is 0 Å². The second kappa shape index (κ2) is 3.92. The molecule has 0 fully saturated rings. The van der Waals surface area contributed by atoms with E-state index in [0.717, 1.165) is 0 Å². The Morgan fingerprint density at radius 3 is 1.82 bits per heavy atom. The van der Waals surface area contributed by atoms with Gasteiger partial charge in [0.1, 0.15) is 0 Å². The summed E-state index contributed by atoms with van der Waals surface area (Å²) in [4.78, 5) is 20.3. The summed E-state index contributed by atoms with van der Waals surface area (Å²) >= 11 is 0. The molecule has 0 radical (unpaired) electrons. The molecule has 0 amide bonds. The molecule has 0 saturated carbocycles. The van der Waals surface area contributed by atoms with Crippen LogP contribution in [0.3, 0.4) is 0 Å². The fourth-order valence-electron chi connectivity index (χ4n) is 0.705. The lowest BCUT2D eigenvalue weighted by Gasteiger charge is -2.12. The van der Waals surface area contributed by atoms with Gasteiger partial charge in [-0.15, -0.1) is 0 Å². The highest BCUT2D eigenvalue weighted by Gasteiger charge is 2.29. The minimum absolute atomic E-state index is 0.100. The van der Waals surface area contributed by atoms with Gasteiger partial charge in [-0.05, 0) is 6.42 Å². The summed E-state index contributed by atoms with van der Waals surface area (Å²) in [7, 11) is 0. The van der Waals surface area contributed by atoms with Crippen molar-refractivity contribution in [3.63, 3.8) is 0 Å². The summed E-state index contributed by atoms with van der Waals surface area (Å²) < 4.78 is 0. The minimum Gasteiger partial charge on any atom is -0.481 e. The van der Waals surface area contributed by atoms with Crippen molar-refractivity contribution >= 4 is 11.9 Å². The van der Waals surface area contributed by atoms with Gasteiger partial charge in [-0.2, -0.15) is 0 Å². The van der Waals surface area contributed by atoms with Crippen molar-refractivity contribution < 1.29 is 24.9 Å². The fraction of sp³-hybridized carbons (Fsp3) is 0.667. The topological polar surface area (TPSA) is 94.8 Å². The number of carboxylic acid groups (broad SMARTS) is 2. The highest BCUT2D eigenvalue weighted by atomic mass is 16.4. The number of carboxylic acids is 2. The molecule has 5 heteroatoms. The van der Waals surface area contributed by atoms with Gasteiger partial charge in [-0.25, -0.2) is 4.79 Å². The lowest BCUT2D eigenvalue weighted by Crippen LogP contribution is -2.34. The average Bonchev–Trinajstić information content (AvgIpc) is 1.88. The first-order valence-electron chi connectivity index (χ1n) is 3.14. The normalized spacial score (nSPS) is 15.5. The van der Waals surface area contributed by atoms with E-state index in [1.54, 1.807) is 0 Å². The van der Waals surface area contributed by atoms with Gasteiger partial charge in [0.25, 0.3) is 0 Å². The van der Waals surface area contributed by atoms with Crippen LogP contribution in [0, 0.1) is 5.92 Å². The molecule has 0 aliphatic heterocycles. The molecule has 11 heavy (non-hydrogen) atoms. The predicted octanol–water partition coefficient (Wildman–Crippen LogP) is -0.457. The quantitative estimate of drug-likeness (QED) is 0.520. The third-order valence-electron chi connectivity index (χ3n) is 1.39. The molecule has 0 unspecified atom stereocenters. The van der Waals surface area contributed by atoms with Crippen LogP contribution in [0.25, 0.3) is 0 Å². The molecular weight excluding hydrogens is 152 g/mol. The number of aliphatic hydroxyl groups is 1. The first-order valence-corrected chi connectivity index (χ1v) is 3.14. The van der Waals surface area contributed by atoms with Crippen LogP contribution in [0.4, 0.5) is 0 Å². The zero-order valence-electron chi connectivity index (χ0n) is 6.02. The highest BCUT2D eigenvalue weighted by Crippen LogP contribution is 2.08. The summed E-state index contributed by atoms with van der Waals surface area (Å²) in [5, 5.41) is 25.4. The van der Waals surface area contributed by atoms with Crippen LogP contribution < -0.4 is 0 Å². The predicted molar refractivity (Wildman–Crippen MR) is 35.1 cm³/mol. The average molecular weight is 162 g/mol. The van der Waals surface area contributed by atoms with Crippen molar-refractivity contribution in [2.75, 3.05) is 0 Å². The summed E-state index contributed by atoms with van der Waals surface area (Å²) in [6, 6.07) is 0. The third kappa shape index (κ3) is 2.55. The van der Waals surface area contributed by atoms with Crippen LogP contribution in [-0.4, -0.2) is 33.4 Å². The molecule has 0 aliphatic carbocycles. The van der Waals surface area contributed by atoms with Crippen LogP contribution >= 0.6 is 0 Å². The van der Waals surface area contributed by atoms with Crippen LogP contribution in [0.2, 0.25) is 0 Å². The first kappa shape index (κ1) is 9.90. The number of hydrogen-bond acceptors (Lipinski definition) is 3. The van der Waals surface area contributed by atoms with Gasteiger partial charge in [0.2, 0.25) is 0 Å². The van der Waals surface area contributed by atoms with Crippen molar-refractivity contribution in [1.82, 2.24) is 0 Å². The fourth-order valence-corrected chi connectivity index (χ4v) is 0.705. The molecule has 5 nitrogen and oxygen atoms in total. The van der Waals surface area contributed by atoms with E-state index in [1.165, 1.54) is 6.92 Å². The minimum atomic E-state index is -1.81. The summed E-state index contributed by atoms with van der Waals surface area (Å²) in [6.45, 7) is 1.50. The SMILES string of the molecule is CC[C@@H](C(=O)O)[C@H](O)C(=O)O. The number of hydrogen-bond donors (Lipinski definition) is 3. The van der Waals surface area contributed by atoms with Crippen molar-refractivity contribution in [2.45, 2.75) is 19.4 Å². The lowest BCUT2D eigenvalue weighted by molar-refractivity contribution is -0.159. The molecule has 0 spiro atoms. The van der Waals surface area contributed by atoms with E-state index < -0.39 is 24.0 Å². The summed E-state index contributed by atoms with van der Waals surface area (Å²) in [6.07, 6.45) is -1.71. The van der Waals surface area contributed by atoms with Crippen LogP contribution in [-0.2, 0) is 9.59 Å². The van der Waals surface area contributed by atoms with E-state index in [9.17, 15) is 9.59 Å². The second-order valence-corrected chi connectivity index (χ2v) is 2.14. The van der Waals surface area contributed by atoms with Gasteiger partial charge >= 0.3 is 11.9 Å². The summed E-state index contributed by atoms with van der Waals surface area (Å²) in [5.41, 5.74) is 0. The maximum absolute atomic E-state index is 10.3. The van der Waals surface area contributed by atoms with Crippen LogP contribution in [0.5, 0.6) is 0 Å². The van der Waals surface area contributed by atoms with E-state index in [4.69, 9.17) is 15.3 Å². The van der Waals surface area contributed by atoms with Crippen molar-refractivity contribution in [3.8, 4) is 0 Å². The Balaban J connectivity index is 4.25. The second-order valence-electron chi connectivity index (χ2n) is 2.14.